The van der Waals surface area contributed by atoms with E-state index < -0.39 is 0 Å². The summed E-state index contributed by atoms with van der Waals surface area (Å²) in [7, 11) is 0. The van der Waals surface area contributed by atoms with Crippen LogP contribution in [0.15, 0.2) is 23.8 Å². The summed E-state index contributed by atoms with van der Waals surface area (Å²) in [4.78, 5) is 0. The van der Waals surface area contributed by atoms with Gasteiger partial charge in [0.1, 0.15) is 5.76 Å². The van der Waals surface area contributed by atoms with Gasteiger partial charge in [-0.1, -0.05) is 0 Å². The van der Waals surface area contributed by atoms with Crippen molar-refractivity contribution in [3.8, 4) is 0 Å². The molecule has 0 radical (unpaired) electrons. The van der Waals surface area contributed by atoms with Crippen LogP contribution in [0, 0.1) is 0 Å². The quantitative estimate of drug-likeness (QED) is 0.475. The lowest BCUT2D eigenvalue weighted by atomic mass is 10.0. The van der Waals surface area contributed by atoms with E-state index in [1.165, 1.54) is 6.08 Å². The molecule has 3 heteroatoms. The van der Waals surface area contributed by atoms with E-state index in [0.29, 0.717) is 0 Å². The molecule has 0 bridgehead atoms. The minimum atomic E-state index is -0.358. The van der Waals surface area contributed by atoms with Crippen LogP contribution in [-0.4, -0.2) is 15.8 Å². The highest BCUT2D eigenvalue weighted by Crippen LogP contribution is 2.14. The van der Waals surface area contributed by atoms with Gasteiger partial charge in [-0.05, 0) is 19.9 Å². The molecular weight excluding hydrogens is 130 g/mol. The van der Waals surface area contributed by atoms with Crippen molar-refractivity contribution in [1.29, 1.82) is 0 Å². The third-order valence-electron chi connectivity index (χ3n) is 1.24. The number of aliphatic hydroxyl groups is 2. The monoisotopic (exact) mass is 141 g/mol. The van der Waals surface area contributed by atoms with Gasteiger partial charge in [0.15, 0.2) is 5.88 Å². The lowest BCUT2D eigenvalue weighted by Gasteiger charge is -2.25. The molecule has 10 heavy (non-hydrogen) atoms. The Bertz CT molecular complexity index is 204. The van der Waals surface area contributed by atoms with Crippen molar-refractivity contribution in [2.24, 2.45) is 0 Å². The van der Waals surface area contributed by atoms with E-state index in [-0.39, 0.29) is 17.2 Å². The Kier molecular flexibility index (Phi) is 1.35. The summed E-state index contributed by atoms with van der Waals surface area (Å²) < 4.78 is 0. The summed E-state index contributed by atoms with van der Waals surface area (Å²) in [5, 5.41) is 20.7. The third-order valence-corrected chi connectivity index (χ3v) is 1.24. The van der Waals surface area contributed by atoms with Crippen LogP contribution in [0.1, 0.15) is 13.8 Å². The normalized spacial score (nSPS) is 22.6. The van der Waals surface area contributed by atoms with Crippen LogP contribution < -0.4 is 5.32 Å². The summed E-state index contributed by atoms with van der Waals surface area (Å²) in [6.07, 6.45) is 2.90. The standard InChI is InChI=1S/C7H11NO2/c1-7(2)4-5(9)3-6(10)8-7/h3-4,8-10H,1-2H3. The van der Waals surface area contributed by atoms with E-state index >= 15 is 0 Å². The number of aliphatic hydroxyl groups excluding tert-OH is 2. The van der Waals surface area contributed by atoms with Gasteiger partial charge in [-0.15, -0.1) is 0 Å². The fourth-order valence-electron chi connectivity index (χ4n) is 0.954. The molecule has 56 valence electrons. The predicted molar refractivity (Wildman–Crippen MR) is 38.6 cm³/mol. The molecule has 0 unspecified atom stereocenters. The van der Waals surface area contributed by atoms with Crippen LogP contribution in [0.3, 0.4) is 0 Å². The molecule has 0 aliphatic carbocycles. The van der Waals surface area contributed by atoms with Crippen molar-refractivity contribution in [3.63, 3.8) is 0 Å². The van der Waals surface area contributed by atoms with Crippen molar-refractivity contribution < 1.29 is 10.2 Å². The van der Waals surface area contributed by atoms with Gasteiger partial charge in [-0.2, -0.15) is 0 Å². The topological polar surface area (TPSA) is 52.5 Å². The van der Waals surface area contributed by atoms with Crippen molar-refractivity contribution in [2.45, 2.75) is 19.4 Å². The fraction of sp³-hybridized carbons (Fsp3) is 0.429. The maximum Gasteiger partial charge on any atom is 0.188 e. The second-order valence-electron chi connectivity index (χ2n) is 2.95. The summed E-state index contributed by atoms with van der Waals surface area (Å²) in [6.45, 7) is 3.71. The zero-order valence-corrected chi connectivity index (χ0v) is 6.05. The molecule has 0 aromatic rings. The molecule has 0 amide bonds. The van der Waals surface area contributed by atoms with E-state index in [1.807, 2.05) is 13.8 Å². The molecule has 0 spiro atoms. The van der Waals surface area contributed by atoms with Gasteiger partial charge in [-0.3, -0.25) is 0 Å². The fourth-order valence-corrected chi connectivity index (χ4v) is 0.954. The molecule has 1 aliphatic rings. The first-order chi connectivity index (χ1) is 4.49. The lowest BCUT2D eigenvalue weighted by Crippen LogP contribution is -2.38. The van der Waals surface area contributed by atoms with Gasteiger partial charge >= 0.3 is 0 Å². The number of hydrogen-bond acceptors (Lipinski definition) is 3. The summed E-state index contributed by atoms with van der Waals surface area (Å²) in [5.41, 5.74) is -0.358. The van der Waals surface area contributed by atoms with E-state index in [2.05, 4.69) is 5.32 Å². The minimum Gasteiger partial charge on any atom is -0.508 e. The van der Waals surface area contributed by atoms with E-state index in [0.717, 1.165) is 0 Å². The Labute approximate surface area is 59.7 Å². The Balaban J connectivity index is 2.88. The molecular formula is C7H11NO2. The predicted octanol–water partition coefficient (Wildman–Crippen LogP) is 1.21. The largest absolute Gasteiger partial charge is 0.508 e. The molecule has 3 N–H and O–H groups in total. The van der Waals surface area contributed by atoms with Gasteiger partial charge in [-0.25, -0.2) is 0 Å². The number of hydrogen-bond donors (Lipinski definition) is 3. The molecule has 0 aromatic carbocycles. The molecule has 1 aliphatic heterocycles. The van der Waals surface area contributed by atoms with Crippen molar-refractivity contribution in [3.05, 3.63) is 23.8 Å². The third kappa shape index (κ3) is 1.43. The van der Waals surface area contributed by atoms with Crippen LogP contribution in [-0.2, 0) is 0 Å². The molecule has 3 nitrogen and oxygen atoms in total. The number of nitrogens with one attached hydrogen (secondary N) is 1. The number of allylic oxidation sites excluding steroid dienone is 1. The first-order valence-corrected chi connectivity index (χ1v) is 3.10. The SMILES string of the molecule is CC1(C)C=C(O)C=C(O)N1. The molecule has 1 heterocycles. The van der Waals surface area contributed by atoms with Gasteiger partial charge in [0.2, 0.25) is 0 Å². The molecule has 0 aromatic heterocycles. The highest BCUT2D eigenvalue weighted by atomic mass is 16.3. The molecule has 0 saturated heterocycles. The highest BCUT2D eigenvalue weighted by molar-refractivity contribution is 5.24. The first kappa shape index (κ1) is 6.99. The molecule has 1 rings (SSSR count). The Hall–Kier alpha value is -1.12. The zero-order chi connectivity index (χ0) is 7.78. The van der Waals surface area contributed by atoms with Crippen LogP contribution in [0.4, 0.5) is 0 Å². The summed E-state index contributed by atoms with van der Waals surface area (Å²) in [6, 6.07) is 0. The second-order valence-corrected chi connectivity index (χ2v) is 2.95. The van der Waals surface area contributed by atoms with Crippen molar-refractivity contribution in [2.75, 3.05) is 0 Å². The van der Waals surface area contributed by atoms with Gasteiger partial charge in [0, 0.05) is 6.08 Å². The maximum atomic E-state index is 9.00. The van der Waals surface area contributed by atoms with Gasteiger partial charge in [0.05, 0.1) is 5.54 Å². The Morgan fingerprint density at radius 2 is 2.00 bits per heavy atom. The minimum absolute atomic E-state index is 0.00463. The molecule has 0 atom stereocenters. The van der Waals surface area contributed by atoms with E-state index in [4.69, 9.17) is 10.2 Å². The van der Waals surface area contributed by atoms with Crippen LogP contribution in [0.25, 0.3) is 0 Å². The first-order valence-electron chi connectivity index (χ1n) is 3.10. The smallest absolute Gasteiger partial charge is 0.188 e. The average molecular weight is 141 g/mol. The molecule has 0 saturated carbocycles. The highest BCUT2D eigenvalue weighted by Gasteiger charge is 2.19. The Morgan fingerprint density at radius 3 is 2.40 bits per heavy atom. The van der Waals surface area contributed by atoms with Crippen LogP contribution >= 0.6 is 0 Å². The maximum absolute atomic E-state index is 9.00. The summed E-state index contributed by atoms with van der Waals surface area (Å²) >= 11 is 0. The number of rotatable bonds is 0. The van der Waals surface area contributed by atoms with Crippen molar-refractivity contribution >= 4 is 0 Å². The van der Waals surface area contributed by atoms with E-state index in [9.17, 15) is 0 Å². The van der Waals surface area contributed by atoms with Gasteiger partial charge in [0.25, 0.3) is 0 Å². The van der Waals surface area contributed by atoms with Crippen LogP contribution in [0.2, 0.25) is 0 Å². The molecule has 0 fully saturated rings. The van der Waals surface area contributed by atoms with Gasteiger partial charge < -0.3 is 15.5 Å². The van der Waals surface area contributed by atoms with E-state index in [1.54, 1.807) is 6.08 Å². The lowest BCUT2D eigenvalue weighted by molar-refractivity contribution is 0.301. The summed E-state index contributed by atoms with van der Waals surface area (Å²) in [5.74, 6) is 0.103. The number of dihydropyridines is 1. The average Bonchev–Trinajstić information content (AvgIpc) is 1.54. The Morgan fingerprint density at radius 1 is 1.40 bits per heavy atom. The van der Waals surface area contributed by atoms with Crippen LogP contribution in [0.5, 0.6) is 0 Å². The second kappa shape index (κ2) is 1.94. The van der Waals surface area contributed by atoms with Crippen molar-refractivity contribution in [1.82, 2.24) is 5.32 Å². The zero-order valence-electron chi connectivity index (χ0n) is 6.05.